The van der Waals surface area contributed by atoms with Crippen molar-refractivity contribution in [1.29, 1.82) is 0 Å². The van der Waals surface area contributed by atoms with Gasteiger partial charge in [-0.3, -0.25) is 4.79 Å². The Bertz CT molecular complexity index is 808. The van der Waals surface area contributed by atoms with E-state index >= 15 is 0 Å². The van der Waals surface area contributed by atoms with E-state index in [9.17, 15) is 9.18 Å². The predicted octanol–water partition coefficient (Wildman–Crippen LogP) is 4.41. The zero-order valence-corrected chi connectivity index (χ0v) is 15.2. The Labute approximate surface area is 157 Å². The number of rotatable bonds is 6. The van der Waals surface area contributed by atoms with E-state index in [1.807, 2.05) is 31.2 Å². The fourth-order valence-electron chi connectivity index (χ4n) is 2.91. The minimum Gasteiger partial charge on any atom is -0.390 e. The van der Waals surface area contributed by atoms with Crippen molar-refractivity contribution in [1.82, 2.24) is 4.90 Å². The Morgan fingerprint density at radius 1 is 1.27 bits per heavy atom. The maximum absolute atomic E-state index is 13.1. The van der Waals surface area contributed by atoms with Crippen molar-refractivity contribution >= 4 is 23.2 Å². The number of carbonyl (C=O) groups is 1. The third-order valence-corrected chi connectivity index (χ3v) is 4.61. The monoisotopic (exact) mass is 374 g/mol. The van der Waals surface area contributed by atoms with Crippen LogP contribution < -0.4 is 0 Å². The number of hydrogen-bond acceptors (Lipinski definition) is 3. The van der Waals surface area contributed by atoms with Gasteiger partial charge < -0.3 is 9.74 Å². The van der Waals surface area contributed by atoms with Gasteiger partial charge in [0.15, 0.2) is 6.10 Å². The predicted molar refractivity (Wildman–Crippen MR) is 99.6 cm³/mol. The summed E-state index contributed by atoms with van der Waals surface area (Å²) < 4.78 is 13.1. The summed E-state index contributed by atoms with van der Waals surface area (Å²) in [5.74, 6) is -0.275. The molecule has 1 atom stereocenters. The first-order chi connectivity index (χ1) is 12.6. The topological polar surface area (TPSA) is 41.9 Å². The van der Waals surface area contributed by atoms with E-state index in [1.54, 1.807) is 17.0 Å². The number of hydrogen-bond donors (Lipinski definition) is 0. The van der Waals surface area contributed by atoms with E-state index in [4.69, 9.17) is 16.4 Å². The van der Waals surface area contributed by atoms with Crippen LogP contribution in [0.3, 0.4) is 0 Å². The number of halogens is 2. The Balaban J connectivity index is 1.66. The van der Waals surface area contributed by atoms with E-state index in [2.05, 4.69) is 5.16 Å². The van der Waals surface area contributed by atoms with Crippen LogP contribution in [0.2, 0.25) is 5.02 Å². The number of amides is 1. The minimum atomic E-state index is -0.293. The molecule has 26 heavy (non-hydrogen) atoms. The lowest BCUT2D eigenvalue weighted by Gasteiger charge is -2.24. The molecule has 0 saturated heterocycles. The lowest BCUT2D eigenvalue weighted by Crippen LogP contribution is -2.36. The fourth-order valence-corrected chi connectivity index (χ4v) is 3.16. The van der Waals surface area contributed by atoms with E-state index in [0.717, 1.165) is 16.8 Å². The Hall–Kier alpha value is -2.40. The van der Waals surface area contributed by atoms with Crippen molar-refractivity contribution < 1.29 is 14.0 Å². The molecule has 4 nitrogen and oxygen atoms in total. The number of oxime groups is 1. The molecular weight excluding hydrogens is 355 g/mol. The number of carbonyl (C=O) groups excluding carboxylic acids is 1. The van der Waals surface area contributed by atoms with E-state index in [1.165, 1.54) is 12.1 Å². The molecular formula is C20H20ClFN2O2. The van der Waals surface area contributed by atoms with Crippen LogP contribution in [0.15, 0.2) is 53.7 Å². The van der Waals surface area contributed by atoms with E-state index in [0.29, 0.717) is 31.0 Å². The largest absolute Gasteiger partial charge is 0.390 e. The fraction of sp³-hybridized carbons (Fsp3) is 0.300. The van der Waals surface area contributed by atoms with Gasteiger partial charge in [0.05, 0.1) is 12.3 Å². The van der Waals surface area contributed by atoms with Gasteiger partial charge in [-0.15, -0.1) is 0 Å². The quantitative estimate of drug-likeness (QED) is 0.751. The van der Waals surface area contributed by atoms with Gasteiger partial charge >= 0.3 is 0 Å². The first-order valence-electron chi connectivity index (χ1n) is 8.56. The van der Waals surface area contributed by atoms with Crippen molar-refractivity contribution in [2.45, 2.75) is 32.4 Å². The summed E-state index contributed by atoms with van der Waals surface area (Å²) in [4.78, 5) is 19.6. The number of benzene rings is 2. The summed E-state index contributed by atoms with van der Waals surface area (Å²) >= 11 is 6.22. The summed E-state index contributed by atoms with van der Waals surface area (Å²) in [7, 11) is 0. The van der Waals surface area contributed by atoms with Crippen LogP contribution in [0, 0.1) is 5.82 Å². The third kappa shape index (κ3) is 4.41. The van der Waals surface area contributed by atoms with Gasteiger partial charge in [0.25, 0.3) is 0 Å². The standard InChI is InChI=1S/C20H20ClFN2O2/c1-2-20(25)24(12-14-7-9-15(22)10-8-14)13-16-11-19(23-26-16)17-5-3-4-6-18(17)21/h3-10,16H,2,11-13H2,1H3/t16-/m1/s1. The summed E-state index contributed by atoms with van der Waals surface area (Å²) in [5, 5.41) is 4.78. The molecule has 0 saturated carbocycles. The molecule has 0 unspecified atom stereocenters. The van der Waals surface area contributed by atoms with Crippen molar-refractivity contribution in [2.75, 3.05) is 6.54 Å². The van der Waals surface area contributed by atoms with Crippen LogP contribution in [-0.4, -0.2) is 29.2 Å². The molecule has 0 aliphatic carbocycles. The van der Waals surface area contributed by atoms with Gasteiger partial charge in [-0.05, 0) is 23.8 Å². The maximum Gasteiger partial charge on any atom is 0.222 e. The van der Waals surface area contributed by atoms with Gasteiger partial charge in [0, 0.05) is 30.0 Å². The molecule has 0 N–H and O–H groups in total. The van der Waals surface area contributed by atoms with E-state index in [-0.39, 0.29) is 17.8 Å². The van der Waals surface area contributed by atoms with E-state index < -0.39 is 0 Å². The highest BCUT2D eigenvalue weighted by molar-refractivity contribution is 6.34. The smallest absolute Gasteiger partial charge is 0.222 e. The number of nitrogens with zero attached hydrogens (tertiary/aromatic N) is 2. The third-order valence-electron chi connectivity index (χ3n) is 4.28. The minimum absolute atomic E-state index is 0.0177. The van der Waals surface area contributed by atoms with Gasteiger partial charge in [0.1, 0.15) is 5.82 Å². The second kappa shape index (κ2) is 8.32. The Morgan fingerprint density at radius 3 is 2.69 bits per heavy atom. The van der Waals surface area contributed by atoms with Crippen molar-refractivity contribution in [3.05, 3.63) is 70.5 Å². The molecule has 0 radical (unpaired) electrons. The lowest BCUT2D eigenvalue weighted by molar-refractivity contribution is -0.133. The van der Waals surface area contributed by atoms with Gasteiger partial charge in [0.2, 0.25) is 5.91 Å². The first kappa shape index (κ1) is 18.4. The second-order valence-corrected chi connectivity index (χ2v) is 6.61. The molecule has 0 bridgehead atoms. The van der Waals surface area contributed by atoms with Crippen molar-refractivity contribution in [2.24, 2.45) is 5.16 Å². The summed E-state index contributed by atoms with van der Waals surface area (Å²) in [5.41, 5.74) is 2.51. The van der Waals surface area contributed by atoms with Crippen LogP contribution in [-0.2, 0) is 16.2 Å². The Morgan fingerprint density at radius 2 is 2.00 bits per heavy atom. The van der Waals surface area contributed by atoms with Crippen molar-refractivity contribution in [3.63, 3.8) is 0 Å². The molecule has 2 aromatic carbocycles. The van der Waals surface area contributed by atoms with Crippen LogP contribution in [0.1, 0.15) is 30.9 Å². The Kier molecular flexibility index (Phi) is 5.89. The SMILES string of the molecule is CCC(=O)N(Cc1ccc(F)cc1)C[C@H]1CC(c2ccccc2Cl)=NO1. The molecule has 6 heteroatoms. The zero-order valence-electron chi connectivity index (χ0n) is 14.5. The molecule has 1 aliphatic rings. The molecule has 0 spiro atoms. The van der Waals surface area contributed by atoms with Crippen LogP contribution >= 0.6 is 11.6 Å². The molecule has 1 heterocycles. The highest BCUT2D eigenvalue weighted by atomic mass is 35.5. The normalized spacial score (nSPS) is 16.1. The molecule has 136 valence electrons. The average molecular weight is 375 g/mol. The zero-order chi connectivity index (χ0) is 18.5. The summed E-state index contributed by atoms with van der Waals surface area (Å²) in [6.45, 7) is 2.65. The highest BCUT2D eigenvalue weighted by Crippen LogP contribution is 2.23. The van der Waals surface area contributed by atoms with Crippen LogP contribution in [0.25, 0.3) is 0 Å². The average Bonchev–Trinajstić information content (AvgIpc) is 3.11. The van der Waals surface area contributed by atoms with Crippen molar-refractivity contribution in [3.8, 4) is 0 Å². The summed E-state index contributed by atoms with van der Waals surface area (Å²) in [6, 6.07) is 13.7. The molecule has 0 fully saturated rings. The molecule has 1 aliphatic heterocycles. The maximum atomic E-state index is 13.1. The molecule has 2 aromatic rings. The van der Waals surface area contributed by atoms with Gasteiger partial charge in [-0.1, -0.05) is 54.0 Å². The molecule has 3 rings (SSSR count). The molecule has 0 aromatic heterocycles. The lowest BCUT2D eigenvalue weighted by atomic mass is 10.0. The first-order valence-corrected chi connectivity index (χ1v) is 8.94. The second-order valence-electron chi connectivity index (χ2n) is 6.20. The summed E-state index contributed by atoms with van der Waals surface area (Å²) in [6.07, 6.45) is 0.754. The van der Waals surface area contributed by atoms with Gasteiger partial charge in [-0.2, -0.15) is 0 Å². The van der Waals surface area contributed by atoms with Crippen LogP contribution in [0.4, 0.5) is 4.39 Å². The van der Waals surface area contributed by atoms with Gasteiger partial charge in [-0.25, -0.2) is 4.39 Å². The van der Waals surface area contributed by atoms with Crippen LogP contribution in [0.5, 0.6) is 0 Å². The highest BCUT2D eigenvalue weighted by Gasteiger charge is 2.27. The molecule has 1 amide bonds.